The first-order chi connectivity index (χ1) is 7.66. The zero-order chi connectivity index (χ0) is 11.5. The normalized spacial score (nSPS) is 24.1. The van der Waals surface area contributed by atoms with Crippen LogP contribution in [0.5, 0.6) is 0 Å². The highest BCUT2D eigenvalue weighted by molar-refractivity contribution is 8.00. The fourth-order valence-electron chi connectivity index (χ4n) is 2.08. The summed E-state index contributed by atoms with van der Waals surface area (Å²) in [5.74, 6) is 1.70. The molecule has 0 radical (unpaired) electrons. The Labute approximate surface area is 110 Å². The SMILES string of the molecule is CC(CCCC(=S)C1CC1)C(C)SC1CC1. The van der Waals surface area contributed by atoms with Crippen LogP contribution in [0.4, 0.5) is 0 Å². The first-order valence-electron chi connectivity index (χ1n) is 6.85. The third-order valence-corrected chi connectivity index (χ3v) is 6.14. The molecule has 0 aromatic rings. The van der Waals surface area contributed by atoms with Gasteiger partial charge in [-0.2, -0.15) is 11.8 Å². The molecule has 0 bridgehead atoms. The standard InChI is InChI=1S/C14H24S2/c1-10(11(2)16-13-8-9-13)4-3-5-14(15)12-6-7-12/h10-13H,3-9H2,1-2H3. The Morgan fingerprint density at radius 1 is 1.25 bits per heavy atom. The van der Waals surface area contributed by atoms with Crippen LogP contribution in [0.15, 0.2) is 0 Å². The minimum atomic E-state index is 0.837. The van der Waals surface area contributed by atoms with Crippen LogP contribution in [0.1, 0.15) is 58.8 Å². The molecule has 0 spiro atoms. The third kappa shape index (κ3) is 4.37. The molecule has 2 aliphatic carbocycles. The summed E-state index contributed by atoms with van der Waals surface area (Å²) in [4.78, 5) is 1.37. The molecule has 0 aromatic heterocycles. The van der Waals surface area contributed by atoms with Crippen molar-refractivity contribution in [3.05, 3.63) is 0 Å². The second-order valence-corrected chi connectivity index (χ2v) is 7.86. The van der Waals surface area contributed by atoms with Crippen molar-refractivity contribution < 1.29 is 0 Å². The maximum absolute atomic E-state index is 5.43. The summed E-state index contributed by atoms with van der Waals surface area (Å²) >= 11 is 7.65. The quantitative estimate of drug-likeness (QED) is 0.569. The Bertz CT molecular complexity index is 241. The number of rotatable bonds is 8. The van der Waals surface area contributed by atoms with E-state index in [1.165, 1.54) is 49.8 Å². The molecule has 2 aliphatic rings. The molecule has 2 unspecified atom stereocenters. The van der Waals surface area contributed by atoms with Gasteiger partial charge in [-0.1, -0.05) is 26.1 Å². The average molecular weight is 256 g/mol. The van der Waals surface area contributed by atoms with Gasteiger partial charge in [-0.3, -0.25) is 0 Å². The molecule has 0 amide bonds. The van der Waals surface area contributed by atoms with Crippen LogP contribution in [-0.2, 0) is 0 Å². The van der Waals surface area contributed by atoms with Gasteiger partial charge in [0.25, 0.3) is 0 Å². The molecule has 0 heterocycles. The minimum absolute atomic E-state index is 0.837. The second-order valence-electron chi connectivity index (χ2n) is 5.65. The summed E-state index contributed by atoms with van der Waals surface area (Å²) < 4.78 is 0. The molecule has 2 fully saturated rings. The summed E-state index contributed by atoms with van der Waals surface area (Å²) in [5, 5.41) is 1.85. The molecule has 0 saturated heterocycles. The fourth-order valence-corrected chi connectivity index (χ4v) is 3.88. The van der Waals surface area contributed by atoms with Gasteiger partial charge in [0.15, 0.2) is 0 Å². The van der Waals surface area contributed by atoms with E-state index in [0.717, 1.165) is 22.3 Å². The van der Waals surface area contributed by atoms with Gasteiger partial charge in [-0.05, 0) is 61.6 Å². The first kappa shape index (κ1) is 12.9. The lowest BCUT2D eigenvalue weighted by Crippen LogP contribution is -2.11. The van der Waals surface area contributed by atoms with E-state index in [4.69, 9.17) is 12.2 Å². The molecule has 2 heteroatoms. The van der Waals surface area contributed by atoms with Gasteiger partial charge in [0.05, 0.1) is 0 Å². The highest BCUT2D eigenvalue weighted by Gasteiger charge is 2.27. The Hall–Kier alpha value is 0.440. The topological polar surface area (TPSA) is 0 Å². The molecule has 0 aliphatic heterocycles. The molecular formula is C14H24S2. The molecule has 2 rings (SSSR count). The van der Waals surface area contributed by atoms with Crippen LogP contribution >= 0.6 is 24.0 Å². The molecule has 2 saturated carbocycles. The van der Waals surface area contributed by atoms with Crippen LogP contribution < -0.4 is 0 Å². The smallest absolute Gasteiger partial charge is 0.00506 e. The number of hydrogen-bond donors (Lipinski definition) is 0. The van der Waals surface area contributed by atoms with Gasteiger partial charge >= 0.3 is 0 Å². The average Bonchev–Trinajstić information content (AvgIpc) is 3.10. The van der Waals surface area contributed by atoms with Crippen molar-refractivity contribution in [1.29, 1.82) is 0 Å². The van der Waals surface area contributed by atoms with Gasteiger partial charge in [0, 0.05) is 10.5 Å². The van der Waals surface area contributed by atoms with E-state index in [1.807, 2.05) is 0 Å². The summed E-state index contributed by atoms with van der Waals surface area (Å²) in [5.41, 5.74) is 0. The summed E-state index contributed by atoms with van der Waals surface area (Å²) in [7, 11) is 0. The summed E-state index contributed by atoms with van der Waals surface area (Å²) in [6, 6.07) is 0. The zero-order valence-corrected chi connectivity index (χ0v) is 12.2. The van der Waals surface area contributed by atoms with Crippen LogP contribution in [-0.4, -0.2) is 15.4 Å². The van der Waals surface area contributed by atoms with Crippen LogP contribution in [0, 0.1) is 11.8 Å². The Kier molecular flexibility index (Phi) is 4.72. The lowest BCUT2D eigenvalue weighted by atomic mass is 9.99. The van der Waals surface area contributed by atoms with Crippen LogP contribution in [0.2, 0.25) is 0 Å². The molecular weight excluding hydrogens is 232 g/mol. The van der Waals surface area contributed by atoms with E-state index in [9.17, 15) is 0 Å². The lowest BCUT2D eigenvalue weighted by molar-refractivity contribution is 0.512. The molecule has 16 heavy (non-hydrogen) atoms. The molecule has 2 atom stereocenters. The maximum atomic E-state index is 5.43. The van der Waals surface area contributed by atoms with Crippen molar-refractivity contribution in [1.82, 2.24) is 0 Å². The van der Waals surface area contributed by atoms with Crippen LogP contribution in [0.25, 0.3) is 0 Å². The van der Waals surface area contributed by atoms with E-state index in [1.54, 1.807) is 0 Å². The molecule has 0 nitrogen and oxygen atoms in total. The predicted molar refractivity (Wildman–Crippen MR) is 78.4 cm³/mol. The number of thioether (sulfide) groups is 1. The van der Waals surface area contributed by atoms with Crippen molar-refractivity contribution in [3.63, 3.8) is 0 Å². The second kappa shape index (κ2) is 5.86. The largest absolute Gasteiger partial charge is 0.155 e. The fraction of sp³-hybridized carbons (Fsp3) is 0.929. The maximum Gasteiger partial charge on any atom is 0.00506 e. The van der Waals surface area contributed by atoms with Crippen molar-refractivity contribution in [3.8, 4) is 0 Å². The summed E-state index contributed by atoms with van der Waals surface area (Å²) in [6.07, 6.45) is 9.59. The first-order valence-corrected chi connectivity index (χ1v) is 8.20. The highest BCUT2D eigenvalue weighted by Crippen LogP contribution is 2.40. The van der Waals surface area contributed by atoms with E-state index in [0.29, 0.717) is 0 Å². The zero-order valence-electron chi connectivity index (χ0n) is 10.6. The Morgan fingerprint density at radius 3 is 2.50 bits per heavy atom. The van der Waals surface area contributed by atoms with Crippen molar-refractivity contribution in [2.75, 3.05) is 0 Å². The van der Waals surface area contributed by atoms with Crippen molar-refractivity contribution in [2.24, 2.45) is 11.8 Å². The number of thiocarbonyl (C=S) groups is 1. The molecule has 92 valence electrons. The number of hydrogen-bond acceptors (Lipinski definition) is 2. The van der Waals surface area contributed by atoms with Crippen molar-refractivity contribution >= 4 is 28.8 Å². The van der Waals surface area contributed by atoms with Gasteiger partial charge in [0.1, 0.15) is 0 Å². The predicted octanol–water partition coefficient (Wildman–Crippen LogP) is 4.86. The lowest BCUT2D eigenvalue weighted by Gasteiger charge is -2.19. The van der Waals surface area contributed by atoms with Gasteiger partial charge < -0.3 is 0 Å². The highest BCUT2D eigenvalue weighted by atomic mass is 32.2. The van der Waals surface area contributed by atoms with E-state index in [2.05, 4.69) is 25.6 Å². The molecule has 0 aromatic carbocycles. The minimum Gasteiger partial charge on any atom is -0.155 e. The summed E-state index contributed by atoms with van der Waals surface area (Å²) in [6.45, 7) is 4.83. The Balaban J connectivity index is 1.54. The Morgan fingerprint density at radius 2 is 1.94 bits per heavy atom. The molecule has 0 N–H and O–H groups in total. The van der Waals surface area contributed by atoms with E-state index in [-0.39, 0.29) is 0 Å². The monoisotopic (exact) mass is 256 g/mol. The van der Waals surface area contributed by atoms with Crippen LogP contribution in [0.3, 0.4) is 0 Å². The van der Waals surface area contributed by atoms with E-state index >= 15 is 0 Å². The third-order valence-electron chi connectivity index (χ3n) is 3.85. The van der Waals surface area contributed by atoms with Gasteiger partial charge in [-0.15, -0.1) is 0 Å². The van der Waals surface area contributed by atoms with Crippen molar-refractivity contribution in [2.45, 2.75) is 69.3 Å². The van der Waals surface area contributed by atoms with Gasteiger partial charge in [-0.25, -0.2) is 0 Å². The van der Waals surface area contributed by atoms with E-state index < -0.39 is 0 Å². The van der Waals surface area contributed by atoms with Gasteiger partial charge in [0.2, 0.25) is 0 Å².